The Kier molecular flexibility index (Phi) is 6.96. The topological polar surface area (TPSA) is 99.7 Å². The van der Waals surface area contributed by atoms with E-state index in [9.17, 15) is 9.59 Å². The van der Waals surface area contributed by atoms with Gasteiger partial charge >= 0.3 is 0 Å². The van der Waals surface area contributed by atoms with Crippen molar-refractivity contribution in [3.63, 3.8) is 0 Å². The Bertz CT molecular complexity index is 1020. The van der Waals surface area contributed by atoms with E-state index in [0.29, 0.717) is 48.5 Å². The lowest BCUT2D eigenvalue weighted by Crippen LogP contribution is -2.34. The van der Waals surface area contributed by atoms with Gasteiger partial charge in [0.05, 0.1) is 19.0 Å². The number of anilines is 4. The van der Waals surface area contributed by atoms with Crippen LogP contribution in [0.4, 0.5) is 23.1 Å². The second-order valence-corrected chi connectivity index (χ2v) is 8.53. The molecule has 9 heteroatoms. The molecular weight excluding hydrogens is 420 g/mol. The van der Waals surface area contributed by atoms with Crippen molar-refractivity contribution in [2.24, 2.45) is 0 Å². The van der Waals surface area contributed by atoms with Crippen molar-refractivity contribution in [2.45, 2.75) is 51.5 Å². The van der Waals surface area contributed by atoms with Gasteiger partial charge in [-0.1, -0.05) is 19.8 Å². The van der Waals surface area contributed by atoms with Crippen LogP contribution < -0.4 is 25.2 Å². The average molecular weight is 453 g/mol. The van der Waals surface area contributed by atoms with Crippen LogP contribution in [-0.4, -0.2) is 55.1 Å². The summed E-state index contributed by atoms with van der Waals surface area (Å²) in [6.45, 7) is 3.29. The van der Waals surface area contributed by atoms with Crippen molar-refractivity contribution in [3.05, 3.63) is 30.0 Å². The molecule has 0 spiro atoms. The summed E-state index contributed by atoms with van der Waals surface area (Å²) in [5, 5.41) is 6.10. The second-order valence-electron chi connectivity index (χ2n) is 8.53. The summed E-state index contributed by atoms with van der Waals surface area (Å²) in [7, 11) is 3.34. The molecule has 2 aliphatic rings. The summed E-state index contributed by atoms with van der Waals surface area (Å²) < 4.78 is 5.52. The van der Waals surface area contributed by atoms with Crippen LogP contribution >= 0.6 is 0 Å². The zero-order chi connectivity index (χ0) is 23.4. The van der Waals surface area contributed by atoms with Gasteiger partial charge < -0.3 is 25.2 Å². The molecule has 2 aromatic rings. The highest BCUT2D eigenvalue weighted by Gasteiger charge is 2.31. The predicted octanol–water partition coefficient (Wildman–Crippen LogP) is 3.48. The van der Waals surface area contributed by atoms with E-state index in [1.54, 1.807) is 43.5 Å². The van der Waals surface area contributed by atoms with E-state index in [1.165, 1.54) is 12.8 Å². The standard InChI is InChI=1S/C24H32N6O3/c1-4-12-25-23(32)16-9-10-18(20(14-16)33-3)27-24-26-15-19-22(28-24)30(17-7-5-6-8-17)13-11-21(31)29(19)2/h9-10,14-15,17H,4-8,11-13H2,1-3H3,(H,25,32)(H,26,27,28). The molecule has 1 fully saturated rings. The zero-order valence-electron chi connectivity index (χ0n) is 19.6. The molecule has 0 atom stereocenters. The van der Waals surface area contributed by atoms with Crippen LogP contribution in [0.2, 0.25) is 0 Å². The smallest absolute Gasteiger partial charge is 0.251 e. The van der Waals surface area contributed by atoms with Gasteiger partial charge in [-0.3, -0.25) is 9.59 Å². The summed E-state index contributed by atoms with van der Waals surface area (Å²) in [6, 6.07) is 5.63. The number of hydrogen-bond donors (Lipinski definition) is 2. The van der Waals surface area contributed by atoms with Crippen LogP contribution in [0.15, 0.2) is 24.4 Å². The first-order valence-electron chi connectivity index (χ1n) is 11.6. The molecule has 1 aliphatic carbocycles. The molecule has 0 saturated heterocycles. The number of benzene rings is 1. The van der Waals surface area contributed by atoms with Crippen LogP contribution in [0.3, 0.4) is 0 Å². The third-order valence-electron chi connectivity index (χ3n) is 6.34. The van der Waals surface area contributed by atoms with Crippen molar-refractivity contribution in [1.82, 2.24) is 15.3 Å². The number of amides is 2. The minimum atomic E-state index is -0.136. The lowest BCUT2D eigenvalue weighted by atomic mass is 10.1. The Hall–Kier alpha value is -3.36. The molecule has 4 rings (SSSR count). The second kappa shape index (κ2) is 10.1. The fourth-order valence-electron chi connectivity index (χ4n) is 4.47. The third kappa shape index (κ3) is 4.86. The van der Waals surface area contributed by atoms with Gasteiger partial charge in [0.2, 0.25) is 11.9 Å². The number of nitrogens with one attached hydrogen (secondary N) is 2. The lowest BCUT2D eigenvalue weighted by Gasteiger charge is -2.30. The Morgan fingerprint density at radius 1 is 1.27 bits per heavy atom. The fourth-order valence-corrected chi connectivity index (χ4v) is 4.47. The van der Waals surface area contributed by atoms with E-state index in [0.717, 1.165) is 30.8 Å². The lowest BCUT2D eigenvalue weighted by molar-refractivity contribution is -0.118. The Labute approximate surface area is 194 Å². The van der Waals surface area contributed by atoms with E-state index in [2.05, 4.69) is 20.5 Å². The molecule has 2 amide bonds. The molecule has 0 radical (unpaired) electrons. The third-order valence-corrected chi connectivity index (χ3v) is 6.34. The van der Waals surface area contributed by atoms with E-state index in [4.69, 9.17) is 9.72 Å². The number of ether oxygens (including phenoxy) is 1. The Morgan fingerprint density at radius 2 is 2.06 bits per heavy atom. The van der Waals surface area contributed by atoms with Gasteiger partial charge in [-0.15, -0.1) is 0 Å². The van der Waals surface area contributed by atoms with Crippen molar-refractivity contribution in [2.75, 3.05) is 42.4 Å². The molecule has 176 valence electrons. The van der Waals surface area contributed by atoms with Gasteiger partial charge in [0.15, 0.2) is 5.82 Å². The highest BCUT2D eigenvalue weighted by atomic mass is 16.5. The molecule has 1 aliphatic heterocycles. The summed E-state index contributed by atoms with van der Waals surface area (Å²) in [6.07, 6.45) is 7.66. The zero-order valence-corrected chi connectivity index (χ0v) is 19.6. The molecule has 0 unspecified atom stereocenters. The number of hydrogen-bond acceptors (Lipinski definition) is 7. The highest BCUT2D eigenvalue weighted by Crippen LogP contribution is 2.36. The van der Waals surface area contributed by atoms with Gasteiger partial charge in [0, 0.05) is 38.2 Å². The van der Waals surface area contributed by atoms with Crippen LogP contribution in [0, 0.1) is 0 Å². The number of carbonyl (C=O) groups excluding carboxylic acids is 2. The maximum absolute atomic E-state index is 12.5. The average Bonchev–Trinajstić information content (AvgIpc) is 3.33. The SMILES string of the molecule is CCCNC(=O)c1ccc(Nc2ncc3c(n2)N(C2CCCC2)CCC(=O)N3C)c(OC)c1. The summed E-state index contributed by atoms with van der Waals surface area (Å²) in [4.78, 5) is 38.1. The van der Waals surface area contributed by atoms with Crippen molar-refractivity contribution < 1.29 is 14.3 Å². The van der Waals surface area contributed by atoms with Crippen molar-refractivity contribution in [1.29, 1.82) is 0 Å². The van der Waals surface area contributed by atoms with Crippen LogP contribution in [-0.2, 0) is 4.79 Å². The minimum Gasteiger partial charge on any atom is -0.495 e. The summed E-state index contributed by atoms with van der Waals surface area (Å²) >= 11 is 0. The summed E-state index contributed by atoms with van der Waals surface area (Å²) in [5.41, 5.74) is 1.92. The van der Waals surface area contributed by atoms with E-state index < -0.39 is 0 Å². The van der Waals surface area contributed by atoms with Crippen molar-refractivity contribution >= 4 is 35.0 Å². The number of rotatable bonds is 7. The molecule has 9 nitrogen and oxygen atoms in total. The van der Waals surface area contributed by atoms with Crippen LogP contribution in [0.1, 0.15) is 55.8 Å². The first-order valence-corrected chi connectivity index (χ1v) is 11.6. The maximum atomic E-state index is 12.5. The molecule has 2 N–H and O–H groups in total. The number of aromatic nitrogens is 2. The van der Waals surface area contributed by atoms with Gasteiger partial charge in [0.1, 0.15) is 11.4 Å². The van der Waals surface area contributed by atoms with Crippen molar-refractivity contribution in [3.8, 4) is 5.75 Å². The largest absolute Gasteiger partial charge is 0.495 e. The Morgan fingerprint density at radius 3 is 2.79 bits per heavy atom. The molecule has 2 heterocycles. The highest BCUT2D eigenvalue weighted by molar-refractivity contribution is 5.97. The molecule has 1 saturated carbocycles. The fraction of sp³-hybridized carbons (Fsp3) is 0.500. The number of nitrogens with zero attached hydrogens (tertiary/aromatic N) is 4. The molecule has 0 bridgehead atoms. The quantitative estimate of drug-likeness (QED) is 0.663. The van der Waals surface area contributed by atoms with Crippen LogP contribution in [0.5, 0.6) is 5.75 Å². The van der Waals surface area contributed by atoms with E-state index >= 15 is 0 Å². The first-order chi connectivity index (χ1) is 16.0. The van der Waals surface area contributed by atoms with Gasteiger partial charge in [0.25, 0.3) is 5.91 Å². The monoisotopic (exact) mass is 452 g/mol. The normalized spacial score (nSPS) is 16.4. The number of fused-ring (bicyclic) bond motifs is 1. The number of methoxy groups -OCH3 is 1. The Balaban J connectivity index is 1.63. The maximum Gasteiger partial charge on any atom is 0.251 e. The van der Waals surface area contributed by atoms with Gasteiger partial charge in [-0.2, -0.15) is 4.98 Å². The van der Waals surface area contributed by atoms with E-state index in [-0.39, 0.29) is 11.8 Å². The summed E-state index contributed by atoms with van der Waals surface area (Å²) in [5.74, 6) is 1.66. The first kappa shape index (κ1) is 22.8. The molecule has 1 aromatic carbocycles. The van der Waals surface area contributed by atoms with Gasteiger partial charge in [-0.05, 0) is 37.5 Å². The van der Waals surface area contributed by atoms with Gasteiger partial charge in [-0.25, -0.2) is 4.98 Å². The predicted molar refractivity (Wildman–Crippen MR) is 129 cm³/mol. The van der Waals surface area contributed by atoms with E-state index in [1.807, 2.05) is 6.92 Å². The molecule has 33 heavy (non-hydrogen) atoms. The minimum absolute atomic E-state index is 0.0691. The van der Waals surface area contributed by atoms with Crippen LogP contribution in [0.25, 0.3) is 0 Å². The molecule has 1 aromatic heterocycles. The molecular formula is C24H32N6O3. The number of carbonyl (C=O) groups is 2.